The van der Waals surface area contributed by atoms with Crippen molar-refractivity contribution in [2.24, 2.45) is 0 Å². The number of hydrogen-bond acceptors (Lipinski definition) is 5. The number of hydrogen-bond donors (Lipinski definition) is 1. The number of nitrogens with zero attached hydrogens (tertiary/aromatic N) is 3. The van der Waals surface area contributed by atoms with Crippen molar-refractivity contribution in [1.29, 1.82) is 0 Å². The topological polar surface area (TPSA) is 63.8 Å². The number of aromatic nitrogens is 3. The molecule has 5 nitrogen and oxygen atoms in total. The molecule has 0 spiro atoms. The molecule has 0 amide bonds. The van der Waals surface area contributed by atoms with Crippen molar-refractivity contribution >= 4 is 23.2 Å². The van der Waals surface area contributed by atoms with Gasteiger partial charge in [-0.15, -0.1) is 0 Å². The average Bonchev–Trinajstić information content (AvgIpc) is 2.99. The van der Waals surface area contributed by atoms with E-state index in [1.165, 1.54) is 6.20 Å². The van der Waals surface area contributed by atoms with Crippen LogP contribution in [0.3, 0.4) is 0 Å². The van der Waals surface area contributed by atoms with Gasteiger partial charge in [0.1, 0.15) is 5.69 Å². The summed E-state index contributed by atoms with van der Waals surface area (Å²) in [6, 6.07) is 1.74. The van der Waals surface area contributed by atoms with E-state index in [9.17, 15) is 0 Å². The molecule has 0 saturated carbocycles. The van der Waals surface area contributed by atoms with E-state index in [1.807, 2.05) is 0 Å². The van der Waals surface area contributed by atoms with Gasteiger partial charge in [0.2, 0.25) is 11.7 Å². The highest BCUT2D eigenvalue weighted by atomic mass is 35.5. The summed E-state index contributed by atoms with van der Waals surface area (Å²) in [5.41, 5.74) is 0.481. The first-order valence-electron chi connectivity index (χ1n) is 5.62. The maximum absolute atomic E-state index is 6.05. The Balaban J connectivity index is 1.92. The first kappa shape index (κ1) is 11.9. The highest BCUT2D eigenvalue weighted by Crippen LogP contribution is 2.28. The lowest BCUT2D eigenvalue weighted by Crippen LogP contribution is -2.12. The van der Waals surface area contributed by atoms with Crippen molar-refractivity contribution in [2.75, 3.05) is 6.54 Å². The SMILES string of the molecule is Clc1cnc(-c2noc([C@H]3CCCN3)n2)c(Cl)c1. The molecule has 7 heteroatoms. The number of pyridine rings is 1. The molecule has 1 aliphatic heterocycles. The molecular formula is C11H10Cl2N4O. The van der Waals surface area contributed by atoms with Gasteiger partial charge in [-0.05, 0) is 25.5 Å². The molecule has 1 N–H and O–H groups in total. The van der Waals surface area contributed by atoms with E-state index in [2.05, 4.69) is 20.4 Å². The summed E-state index contributed by atoms with van der Waals surface area (Å²) in [6.45, 7) is 0.975. The zero-order valence-electron chi connectivity index (χ0n) is 9.36. The van der Waals surface area contributed by atoms with Crippen LogP contribution in [0.5, 0.6) is 0 Å². The first-order chi connectivity index (χ1) is 8.74. The lowest BCUT2D eigenvalue weighted by atomic mass is 10.2. The van der Waals surface area contributed by atoms with Crippen molar-refractivity contribution < 1.29 is 4.52 Å². The summed E-state index contributed by atoms with van der Waals surface area (Å²) in [5, 5.41) is 8.08. The Morgan fingerprint density at radius 3 is 3.00 bits per heavy atom. The van der Waals surface area contributed by atoms with E-state index in [1.54, 1.807) is 6.07 Å². The summed E-state index contributed by atoms with van der Waals surface area (Å²) in [7, 11) is 0. The molecule has 0 radical (unpaired) electrons. The molecule has 18 heavy (non-hydrogen) atoms. The van der Waals surface area contributed by atoms with Crippen LogP contribution in [-0.4, -0.2) is 21.7 Å². The molecule has 1 saturated heterocycles. The fourth-order valence-electron chi connectivity index (χ4n) is 1.95. The third kappa shape index (κ3) is 2.21. The molecule has 0 unspecified atom stereocenters. The molecule has 3 rings (SSSR count). The second-order valence-electron chi connectivity index (χ2n) is 4.09. The van der Waals surface area contributed by atoms with Gasteiger partial charge in [0.25, 0.3) is 0 Å². The van der Waals surface area contributed by atoms with E-state index in [4.69, 9.17) is 27.7 Å². The van der Waals surface area contributed by atoms with Crippen LogP contribution < -0.4 is 5.32 Å². The van der Waals surface area contributed by atoms with E-state index in [0.717, 1.165) is 19.4 Å². The van der Waals surface area contributed by atoms with Crippen molar-refractivity contribution in [3.8, 4) is 11.5 Å². The summed E-state index contributed by atoms with van der Waals surface area (Å²) in [4.78, 5) is 8.44. The van der Waals surface area contributed by atoms with Gasteiger partial charge in [-0.25, -0.2) is 4.98 Å². The highest BCUT2D eigenvalue weighted by Gasteiger charge is 2.23. The number of rotatable bonds is 2. The van der Waals surface area contributed by atoms with Crippen molar-refractivity contribution in [3.05, 3.63) is 28.2 Å². The van der Waals surface area contributed by atoms with Crippen LogP contribution in [0.15, 0.2) is 16.8 Å². The second kappa shape index (κ2) is 4.84. The van der Waals surface area contributed by atoms with E-state index >= 15 is 0 Å². The molecule has 0 bridgehead atoms. The Bertz CT molecular complexity index is 566. The van der Waals surface area contributed by atoms with Crippen LogP contribution in [0.1, 0.15) is 24.8 Å². The molecule has 94 valence electrons. The van der Waals surface area contributed by atoms with Gasteiger partial charge in [0, 0.05) is 6.20 Å². The third-order valence-electron chi connectivity index (χ3n) is 2.82. The second-order valence-corrected chi connectivity index (χ2v) is 4.93. The summed E-state index contributed by atoms with van der Waals surface area (Å²) < 4.78 is 5.23. The Hall–Kier alpha value is -1.17. The standard InChI is InChI=1S/C11H10Cl2N4O/c12-6-4-7(13)9(15-5-6)10-16-11(18-17-10)8-2-1-3-14-8/h4-5,8,14H,1-3H2/t8-/m1/s1. The summed E-state index contributed by atoms with van der Waals surface area (Å²) >= 11 is 11.8. The Morgan fingerprint density at radius 1 is 1.39 bits per heavy atom. The average molecular weight is 285 g/mol. The van der Waals surface area contributed by atoms with Gasteiger partial charge < -0.3 is 9.84 Å². The largest absolute Gasteiger partial charge is 0.337 e. The van der Waals surface area contributed by atoms with E-state index in [-0.39, 0.29) is 6.04 Å². The van der Waals surface area contributed by atoms with Crippen LogP contribution in [0.4, 0.5) is 0 Å². The molecule has 2 aromatic rings. The van der Waals surface area contributed by atoms with Crippen LogP contribution in [0.2, 0.25) is 10.0 Å². The molecule has 0 aliphatic carbocycles. The minimum absolute atomic E-state index is 0.136. The molecule has 1 fully saturated rings. The monoisotopic (exact) mass is 284 g/mol. The fraction of sp³-hybridized carbons (Fsp3) is 0.364. The fourth-order valence-corrected chi connectivity index (χ4v) is 2.41. The smallest absolute Gasteiger partial charge is 0.244 e. The van der Waals surface area contributed by atoms with Crippen LogP contribution in [0, 0.1) is 0 Å². The van der Waals surface area contributed by atoms with Crippen LogP contribution in [0.25, 0.3) is 11.5 Å². The van der Waals surface area contributed by atoms with Crippen LogP contribution >= 0.6 is 23.2 Å². The molecule has 1 aliphatic rings. The molecule has 1 atom stereocenters. The van der Waals surface area contributed by atoms with Crippen molar-refractivity contribution in [1.82, 2.24) is 20.4 Å². The minimum atomic E-state index is 0.136. The minimum Gasteiger partial charge on any atom is -0.337 e. The molecule has 2 aromatic heterocycles. The van der Waals surface area contributed by atoms with Gasteiger partial charge in [0.05, 0.1) is 16.1 Å². The molecular weight excluding hydrogens is 275 g/mol. The first-order valence-corrected chi connectivity index (χ1v) is 6.38. The van der Waals surface area contributed by atoms with E-state index < -0.39 is 0 Å². The Kier molecular flexibility index (Phi) is 3.20. The van der Waals surface area contributed by atoms with Crippen LogP contribution in [-0.2, 0) is 0 Å². The maximum atomic E-state index is 6.05. The Morgan fingerprint density at radius 2 is 2.28 bits per heavy atom. The van der Waals surface area contributed by atoms with Crippen molar-refractivity contribution in [3.63, 3.8) is 0 Å². The molecule has 3 heterocycles. The summed E-state index contributed by atoms with van der Waals surface area (Å²) in [6.07, 6.45) is 3.62. The Labute approximate surface area is 114 Å². The zero-order valence-corrected chi connectivity index (χ0v) is 10.9. The lowest BCUT2D eigenvalue weighted by Gasteiger charge is -2.01. The predicted octanol–water partition coefficient (Wildman–Crippen LogP) is 2.86. The van der Waals surface area contributed by atoms with Gasteiger partial charge >= 0.3 is 0 Å². The highest BCUT2D eigenvalue weighted by molar-refractivity contribution is 6.35. The van der Waals surface area contributed by atoms with Gasteiger partial charge in [-0.1, -0.05) is 28.4 Å². The molecule has 0 aromatic carbocycles. The van der Waals surface area contributed by atoms with Gasteiger partial charge in [-0.2, -0.15) is 4.98 Å². The lowest BCUT2D eigenvalue weighted by molar-refractivity contribution is 0.345. The number of nitrogens with one attached hydrogen (secondary N) is 1. The zero-order chi connectivity index (χ0) is 12.5. The van der Waals surface area contributed by atoms with Gasteiger partial charge in [0.15, 0.2) is 0 Å². The quantitative estimate of drug-likeness (QED) is 0.919. The maximum Gasteiger partial charge on any atom is 0.244 e. The number of halogens is 2. The van der Waals surface area contributed by atoms with E-state index in [0.29, 0.717) is 27.5 Å². The van der Waals surface area contributed by atoms with Gasteiger partial charge in [-0.3, -0.25) is 0 Å². The normalized spacial score (nSPS) is 19.3. The predicted molar refractivity (Wildman–Crippen MR) is 67.5 cm³/mol. The summed E-state index contributed by atoms with van der Waals surface area (Å²) in [5.74, 6) is 0.968. The third-order valence-corrected chi connectivity index (χ3v) is 3.31. The van der Waals surface area contributed by atoms with Crippen molar-refractivity contribution in [2.45, 2.75) is 18.9 Å².